The number of halogens is 1. The maximum atomic E-state index is 12.9. The quantitative estimate of drug-likeness (QED) is 0.727. The number of fused-ring (bicyclic) bond motifs is 1. The van der Waals surface area contributed by atoms with Crippen LogP contribution in [-0.4, -0.2) is 16.6 Å². The van der Waals surface area contributed by atoms with Crippen molar-refractivity contribution < 1.29 is 14.3 Å². The van der Waals surface area contributed by atoms with Gasteiger partial charge in [0.25, 0.3) is 0 Å². The van der Waals surface area contributed by atoms with Gasteiger partial charge >= 0.3 is 5.97 Å². The molecule has 3 N–H and O–H groups in total. The Morgan fingerprint density at radius 1 is 1.47 bits per heavy atom. The molecule has 0 saturated heterocycles. The Kier molecular flexibility index (Phi) is 2.23. The van der Waals surface area contributed by atoms with Gasteiger partial charge < -0.3 is 10.8 Å². The Hall–Kier alpha value is -1.42. The first-order valence-corrected chi connectivity index (χ1v) is 4.81. The van der Waals surface area contributed by atoms with E-state index in [-0.39, 0.29) is 12.2 Å². The topological polar surface area (TPSA) is 63.3 Å². The normalized spacial score (nSPS) is 24.7. The Morgan fingerprint density at radius 3 is 2.87 bits per heavy atom. The third kappa shape index (κ3) is 1.72. The summed E-state index contributed by atoms with van der Waals surface area (Å²) in [7, 11) is 0. The van der Waals surface area contributed by atoms with E-state index in [1.54, 1.807) is 6.07 Å². The Labute approximate surface area is 86.7 Å². The van der Waals surface area contributed by atoms with E-state index in [0.29, 0.717) is 12.8 Å². The van der Waals surface area contributed by atoms with E-state index in [0.717, 1.165) is 11.1 Å². The van der Waals surface area contributed by atoms with Gasteiger partial charge in [0.1, 0.15) is 11.4 Å². The van der Waals surface area contributed by atoms with E-state index in [1.807, 2.05) is 0 Å². The van der Waals surface area contributed by atoms with Crippen LogP contribution in [0.15, 0.2) is 18.2 Å². The van der Waals surface area contributed by atoms with E-state index in [9.17, 15) is 9.18 Å². The SMILES string of the molecule is NC1(C(=O)O)CCc2cc(F)ccc2C1. The zero-order valence-corrected chi connectivity index (χ0v) is 8.16. The molecule has 0 amide bonds. The molecule has 1 aromatic carbocycles. The van der Waals surface area contributed by atoms with Crippen molar-refractivity contribution in [3.63, 3.8) is 0 Å². The van der Waals surface area contributed by atoms with Crippen molar-refractivity contribution in [1.29, 1.82) is 0 Å². The highest BCUT2D eigenvalue weighted by atomic mass is 19.1. The van der Waals surface area contributed by atoms with E-state index in [2.05, 4.69) is 0 Å². The van der Waals surface area contributed by atoms with E-state index in [1.165, 1.54) is 12.1 Å². The van der Waals surface area contributed by atoms with Gasteiger partial charge in [-0.25, -0.2) is 4.39 Å². The van der Waals surface area contributed by atoms with Gasteiger partial charge in [0.15, 0.2) is 0 Å². The van der Waals surface area contributed by atoms with Crippen LogP contribution < -0.4 is 5.73 Å². The van der Waals surface area contributed by atoms with Crippen molar-refractivity contribution in [3.8, 4) is 0 Å². The third-order valence-electron chi connectivity index (χ3n) is 2.94. The Balaban J connectivity index is 2.35. The van der Waals surface area contributed by atoms with Crippen LogP contribution in [-0.2, 0) is 17.6 Å². The molecule has 3 nitrogen and oxygen atoms in total. The standard InChI is InChI=1S/C11H12FNO2/c12-9-2-1-8-6-11(13,10(14)15)4-3-7(8)5-9/h1-2,5H,3-4,6,13H2,(H,14,15). The monoisotopic (exact) mass is 209 g/mol. The molecule has 1 atom stereocenters. The first kappa shape index (κ1) is 10.1. The molecule has 0 spiro atoms. The number of carboxylic acid groups (broad SMARTS) is 1. The molecule has 0 aromatic heterocycles. The molecule has 0 fully saturated rings. The molecule has 0 radical (unpaired) electrons. The number of carbonyl (C=O) groups is 1. The minimum atomic E-state index is -1.19. The Bertz CT molecular complexity index is 419. The van der Waals surface area contributed by atoms with Crippen LogP contribution >= 0.6 is 0 Å². The van der Waals surface area contributed by atoms with Crippen molar-refractivity contribution >= 4 is 5.97 Å². The molecule has 0 saturated carbocycles. The number of nitrogens with two attached hydrogens (primary N) is 1. The largest absolute Gasteiger partial charge is 0.480 e. The molecule has 4 heteroatoms. The van der Waals surface area contributed by atoms with Gasteiger partial charge in [-0.15, -0.1) is 0 Å². The van der Waals surface area contributed by atoms with E-state index < -0.39 is 11.5 Å². The van der Waals surface area contributed by atoms with Crippen LogP contribution in [0.25, 0.3) is 0 Å². The summed E-state index contributed by atoms with van der Waals surface area (Å²) in [4.78, 5) is 11.0. The maximum Gasteiger partial charge on any atom is 0.324 e. The van der Waals surface area contributed by atoms with Crippen LogP contribution in [0.4, 0.5) is 4.39 Å². The average Bonchev–Trinajstić information content (AvgIpc) is 2.18. The highest BCUT2D eigenvalue weighted by Crippen LogP contribution is 2.27. The van der Waals surface area contributed by atoms with Crippen LogP contribution in [0, 0.1) is 5.82 Å². The van der Waals surface area contributed by atoms with Crippen molar-refractivity contribution in [2.45, 2.75) is 24.8 Å². The van der Waals surface area contributed by atoms with Gasteiger partial charge in [0.2, 0.25) is 0 Å². The van der Waals surface area contributed by atoms with Crippen LogP contribution in [0.1, 0.15) is 17.5 Å². The predicted octanol–water partition coefficient (Wildman–Crippen LogP) is 1.10. The first-order chi connectivity index (χ1) is 7.01. The molecule has 2 rings (SSSR count). The zero-order valence-electron chi connectivity index (χ0n) is 8.16. The highest BCUT2D eigenvalue weighted by molar-refractivity contribution is 5.79. The van der Waals surface area contributed by atoms with Gasteiger partial charge in [-0.2, -0.15) is 0 Å². The van der Waals surface area contributed by atoms with Crippen molar-refractivity contribution in [3.05, 3.63) is 35.1 Å². The fourth-order valence-electron chi connectivity index (χ4n) is 1.97. The second-order valence-electron chi connectivity index (χ2n) is 4.05. The van der Waals surface area contributed by atoms with Crippen molar-refractivity contribution in [2.24, 2.45) is 5.73 Å². The summed E-state index contributed by atoms with van der Waals surface area (Å²) in [5.41, 5.74) is 6.28. The first-order valence-electron chi connectivity index (χ1n) is 4.81. The number of benzene rings is 1. The van der Waals surface area contributed by atoms with E-state index >= 15 is 0 Å². The molecule has 15 heavy (non-hydrogen) atoms. The number of aryl methyl sites for hydroxylation is 1. The third-order valence-corrected chi connectivity index (χ3v) is 2.94. The maximum absolute atomic E-state index is 12.9. The van der Waals surface area contributed by atoms with Crippen molar-refractivity contribution in [2.75, 3.05) is 0 Å². The number of rotatable bonds is 1. The predicted molar refractivity (Wildman–Crippen MR) is 53.0 cm³/mol. The lowest BCUT2D eigenvalue weighted by molar-refractivity contribution is -0.143. The number of hydrogen-bond donors (Lipinski definition) is 2. The summed E-state index contributed by atoms with van der Waals surface area (Å²) in [6.07, 6.45) is 1.16. The molecular weight excluding hydrogens is 197 g/mol. The summed E-state index contributed by atoms with van der Waals surface area (Å²) < 4.78 is 12.9. The van der Waals surface area contributed by atoms with Crippen LogP contribution in [0.2, 0.25) is 0 Å². The van der Waals surface area contributed by atoms with Crippen LogP contribution in [0.3, 0.4) is 0 Å². The molecule has 0 bridgehead atoms. The Morgan fingerprint density at radius 2 is 2.20 bits per heavy atom. The lowest BCUT2D eigenvalue weighted by Crippen LogP contribution is -2.52. The van der Waals surface area contributed by atoms with Gasteiger partial charge in [0.05, 0.1) is 0 Å². The molecular formula is C11H12FNO2. The molecule has 0 aliphatic heterocycles. The lowest BCUT2D eigenvalue weighted by Gasteiger charge is -2.30. The zero-order chi connectivity index (χ0) is 11.1. The smallest absolute Gasteiger partial charge is 0.324 e. The van der Waals surface area contributed by atoms with Crippen molar-refractivity contribution in [1.82, 2.24) is 0 Å². The fraction of sp³-hybridized carbons (Fsp3) is 0.364. The number of carboxylic acids is 1. The van der Waals surface area contributed by atoms with Gasteiger partial charge in [0, 0.05) is 6.42 Å². The van der Waals surface area contributed by atoms with Crippen LogP contribution in [0.5, 0.6) is 0 Å². The minimum Gasteiger partial charge on any atom is -0.480 e. The molecule has 0 heterocycles. The summed E-state index contributed by atoms with van der Waals surface area (Å²) >= 11 is 0. The fourth-order valence-corrected chi connectivity index (χ4v) is 1.97. The summed E-state index contributed by atoms with van der Waals surface area (Å²) in [6.45, 7) is 0. The second kappa shape index (κ2) is 3.31. The highest BCUT2D eigenvalue weighted by Gasteiger charge is 2.37. The lowest BCUT2D eigenvalue weighted by atomic mass is 9.79. The molecule has 1 aliphatic rings. The van der Waals surface area contributed by atoms with Gasteiger partial charge in [-0.1, -0.05) is 6.07 Å². The average molecular weight is 209 g/mol. The summed E-state index contributed by atoms with van der Waals surface area (Å²) in [6, 6.07) is 4.41. The van der Waals surface area contributed by atoms with Gasteiger partial charge in [-0.3, -0.25) is 4.79 Å². The number of aliphatic carboxylic acids is 1. The molecule has 1 aromatic rings. The van der Waals surface area contributed by atoms with Gasteiger partial charge in [-0.05, 0) is 36.1 Å². The summed E-state index contributed by atoms with van der Waals surface area (Å²) in [5.74, 6) is -1.27. The molecule has 1 unspecified atom stereocenters. The summed E-state index contributed by atoms with van der Waals surface area (Å²) in [5, 5.41) is 8.98. The number of hydrogen-bond acceptors (Lipinski definition) is 2. The molecule has 80 valence electrons. The molecule has 1 aliphatic carbocycles. The minimum absolute atomic E-state index is 0.276. The second-order valence-corrected chi connectivity index (χ2v) is 4.05. The van der Waals surface area contributed by atoms with E-state index in [4.69, 9.17) is 10.8 Å².